The van der Waals surface area contributed by atoms with E-state index in [0.717, 1.165) is 17.5 Å². The Bertz CT molecular complexity index is 815. The lowest BCUT2D eigenvalue weighted by Crippen LogP contribution is -2.43. The summed E-state index contributed by atoms with van der Waals surface area (Å²) >= 11 is 6.31. The summed E-state index contributed by atoms with van der Waals surface area (Å²) in [4.78, 5) is 14.5. The molecule has 0 aliphatic heterocycles. The molecule has 0 aromatic heterocycles. The van der Waals surface area contributed by atoms with Crippen LogP contribution >= 0.6 is 11.6 Å². The Balaban J connectivity index is 3.48. The molecule has 0 heterocycles. The van der Waals surface area contributed by atoms with Gasteiger partial charge in [0.15, 0.2) is 0 Å². The topological polar surface area (TPSA) is 56.2 Å². The van der Waals surface area contributed by atoms with Crippen LogP contribution < -0.4 is 5.32 Å². The number of carbonyl (C=O) groups excluding carboxylic acids is 1. The number of alkyl halides is 2. The molecule has 1 atom stereocenters. The smallest absolute Gasteiger partial charge is 0.280 e. The van der Waals surface area contributed by atoms with E-state index in [0.29, 0.717) is 17.0 Å². The van der Waals surface area contributed by atoms with E-state index in [1.165, 1.54) is 11.9 Å². The second-order valence-electron chi connectivity index (χ2n) is 7.10. The van der Waals surface area contributed by atoms with Crippen LogP contribution in [0.1, 0.15) is 44.7 Å². The van der Waals surface area contributed by atoms with Gasteiger partial charge in [0.05, 0.1) is 0 Å². The highest BCUT2D eigenvalue weighted by atomic mass is 35.5. The molecule has 8 heteroatoms. The molecule has 4 nitrogen and oxygen atoms in total. The Kier molecular flexibility index (Phi) is 10.1. The van der Waals surface area contributed by atoms with Crippen LogP contribution in [0.25, 0.3) is 5.57 Å². The Hall–Kier alpha value is -2.28. The van der Waals surface area contributed by atoms with Crippen molar-refractivity contribution in [2.24, 2.45) is 0 Å². The standard InChI is InChI=1S/C22H29ClF3N3O/c1-6-7-14(3)29(22(30)18(21(26)28-5)19(27)20(24)25)12-17(15(4)23)16-10-8-13(2)9-11-16/h8-11,14,20,27-28H,6-7,12H2,1-5H3/b17-15-,21-18+,27-19?. The van der Waals surface area contributed by atoms with E-state index >= 15 is 0 Å². The Morgan fingerprint density at radius 1 is 1.27 bits per heavy atom. The maximum Gasteiger partial charge on any atom is 0.280 e. The molecule has 0 aliphatic carbocycles. The monoisotopic (exact) mass is 443 g/mol. The van der Waals surface area contributed by atoms with Crippen LogP contribution in [0, 0.1) is 12.3 Å². The maximum atomic E-state index is 14.3. The minimum absolute atomic E-state index is 0.00456. The summed E-state index contributed by atoms with van der Waals surface area (Å²) in [5, 5.41) is 10.1. The SMILES string of the molecule is CCCC(C)N(C/C(=C(\C)Cl)c1ccc(C)cc1)C(=O)/C(C(=N)C(F)F)=C(\F)NC. The normalized spacial score (nSPS) is 14.1. The zero-order valence-corrected chi connectivity index (χ0v) is 18.7. The molecule has 1 aromatic rings. The van der Waals surface area contributed by atoms with Crippen LogP contribution in [0.15, 0.2) is 40.8 Å². The van der Waals surface area contributed by atoms with Crippen LogP contribution in [0.5, 0.6) is 0 Å². The average molecular weight is 444 g/mol. The van der Waals surface area contributed by atoms with Crippen LogP contribution in [0.4, 0.5) is 13.2 Å². The van der Waals surface area contributed by atoms with Gasteiger partial charge in [0.1, 0.15) is 11.3 Å². The van der Waals surface area contributed by atoms with E-state index in [1.54, 1.807) is 13.8 Å². The largest absolute Gasteiger partial charge is 0.364 e. The maximum absolute atomic E-state index is 14.3. The molecule has 0 radical (unpaired) electrons. The zero-order chi connectivity index (χ0) is 23.0. The molecule has 1 rings (SSSR count). The first-order valence-electron chi connectivity index (χ1n) is 9.72. The molecule has 30 heavy (non-hydrogen) atoms. The second-order valence-corrected chi connectivity index (χ2v) is 7.67. The van der Waals surface area contributed by atoms with Gasteiger partial charge in [-0.1, -0.05) is 54.8 Å². The average Bonchev–Trinajstić information content (AvgIpc) is 2.69. The molecule has 1 amide bonds. The van der Waals surface area contributed by atoms with Gasteiger partial charge in [-0.2, -0.15) is 4.39 Å². The van der Waals surface area contributed by atoms with Crippen molar-refractivity contribution in [1.29, 1.82) is 5.41 Å². The quantitative estimate of drug-likeness (QED) is 0.278. The Labute approximate surface area is 181 Å². The summed E-state index contributed by atoms with van der Waals surface area (Å²) in [5.41, 5.74) is 0.123. The predicted molar refractivity (Wildman–Crippen MR) is 117 cm³/mol. The van der Waals surface area contributed by atoms with E-state index in [4.69, 9.17) is 17.0 Å². The fourth-order valence-electron chi connectivity index (χ4n) is 3.03. The number of hydrogen-bond acceptors (Lipinski definition) is 3. The molecule has 0 bridgehead atoms. The summed E-state index contributed by atoms with van der Waals surface area (Å²) in [7, 11) is 1.17. The van der Waals surface area contributed by atoms with E-state index in [-0.39, 0.29) is 12.6 Å². The fourth-order valence-corrected chi connectivity index (χ4v) is 3.20. The van der Waals surface area contributed by atoms with Crippen LogP contribution in [-0.2, 0) is 4.79 Å². The lowest BCUT2D eigenvalue weighted by atomic mass is 10.0. The second kappa shape index (κ2) is 11.8. The van der Waals surface area contributed by atoms with Crippen molar-refractivity contribution in [2.75, 3.05) is 13.6 Å². The Morgan fingerprint density at radius 3 is 2.27 bits per heavy atom. The fraction of sp³-hybridized carbons (Fsp3) is 0.455. The van der Waals surface area contributed by atoms with E-state index in [1.807, 2.05) is 38.1 Å². The van der Waals surface area contributed by atoms with Gasteiger partial charge in [-0.25, -0.2) is 8.78 Å². The summed E-state index contributed by atoms with van der Waals surface area (Å²) < 4.78 is 40.7. The van der Waals surface area contributed by atoms with Crippen molar-refractivity contribution in [3.63, 3.8) is 0 Å². The van der Waals surface area contributed by atoms with E-state index in [2.05, 4.69) is 5.32 Å². The van der Waals surface area contributed by atoms with E-state index < -0.39 is 29.6 Å². The van der Waals surface area contributed by atoms with Gasteiger partial charge < -0.3 is 10.2 Å². The molecule has 0 aliphatic rings. The molecular weight excluding hydrogens is 415 g/mol. The minimum atomic E-state index is -3.28. The highest BCUT2D eigenvalue weighted by molar-refractivity contribution is 6.32. The first-order valence-corrected chi connectivity index (χ1v) is 10.1. The molecule has 0 saturated carbocycles. The number of amides is 1. The van der Waals surface area contributed by atoms with Gasteiger partial charge in [-0.3, -0.25) is 10.2 Å². The molecule has 0 fully saturated rings. The summed E-state index contributed by atoms with van der Waals surface area (Å²) in [6.45, 7) is 7.30. The lowest BCUT2D eigenvalue weighted by Gasteiger charge is -2.31. The number of hydrogen-bond donors (Lipinski definition) is 2. The first-order chi connectivity index (χ1) is 14.0. The molecule has 0 spiro atoms. The third-order valence-electron chi connectivity index (χ3n) is 4.78. The zero-order valence-electron chi connectivity index (χ0n) is 18.0. The first kappa shape index (κ1) is 25.8. The summed E-state index contributed by atoms with van der Waals surface area (Å²) in [6.07, 6.45) is -1.98. The third kappa shape index (κ3) is 6.62. The van der Waals surface area contributed by atoms with Gasteiger partial charge in [0.25, 0.3) is 12.3 Å². The van der Waals surface area contributed by atoms with Gasteiger partial charge >= 0.3 is 0 Å². The number of allylic oxidation sites excluding steroid dienone is 1. The number of nitrogens with one attached hydrogen (secondary N) is 2. The van der Waals surface area contributed by atoms with Crippen molar-refractivity contribution in [3.05, 3.63) is 51.9 Å². The number of aryl methyl sites for hydroxylation is 1. The number of benzene rings is 1. The van der Waals surface area contributed by atoms with Crippen molar-refractivity contribution < 1.29 is 18.0 Å². The predicted octanol–water partition coefficient (Wildman–Crippen LogP) is 5.67. The van der Waals surface area contributed by atoms with Gasteiger partial charge in [0.2, 0.25) is 5.95 Å². The highest BCUT2D eigenvalue weighted by Crippen LogP contribution is 2.26. The number of nitrogens with zero attached hydrogens (tertiary/aromatic N) is 1. The Morgan fingerprint density at radius 2 is 1.83 bits per heavy atom. The molecule has 1 aromatic carbocycles. The summed E-state index contributed by atoms with van der Waals surface area (Å²) in [5.74, 6) is -2.24. The van der Waals surface area contributed by atoms with Gasteiger partial charge in [-0.15, -0.1) is 0 Å². The van der Waals surface area contributed by atoms with Crippen molar-refractivity contribution >= 4 is 28.8 Å². The number of carbonyl (C=O) groups is 1. The van der Waals surface area contributed by atoms with Gasteiger partial charge in [0, 0.05) is 24.7 Å². The van der Waals surface area contributed by atoms with Gasteiger partial charge in [-0.05, 0) is 38.3 Å². The molecular formula is C22H29ClF3N3O. The summed E-state index contributed by atoms with van der Waals surface area (Å²) in [6, 6.07) is 7.13. The number of rotatable bonds is 10. The van der Waals surface area contributed by atoms with Crippen molar-refractivity contribution in [3.8, 4) is 0 Å². The van der Waals surface area contributed by atoms with Crippen LogP contribution in [0.3, 0.4) is 0 Å². The number of halogens is 4. The highest BCUT2D eigenvalue weighted by Gasteiger charge is 2.33. The molecule has 2 N–H and O–H groups in total. The van der Waals surface area contributed by atoms with Crippen LogP contribution in [0.2, 0.25) is 0 Å². The van der Waals surface area contributed by atoms with Crippen LogP contribution in [-0.4, -0.2) is 42.6 Å². The molecule has 0 saturated heterocycles. The van der Waals surface area contributed by atoms with Crippen molar-refractivity contribution in [2.45, 2.75) is 53.0 Å². The van der Waals surface area contributed by atoms with E-state index in [9.17, 15) is 18.0 Å². The molecule has 166 valence electrons. The van der Waals surface area contributed by atoms with Crippen molar-refractivity contribution in [1.82, 2.24) is 10.2 Å². The third-order valence-corrected chi connectivity index (χ3v) is 5.01. The lowest BCUT2D eigenvalue weighted by molar-refractivity contribution is -0.128. The minimum Gasteiger partial charge on any atom is -0.364 e. The molecule has 1 unspecified atom stereocenters.